The molecule has 140 valence electrons. The molecule has 26 heavy (non-hydrogen) atoms. The molecule has 0 aliphatic carbocycles. The van der Waals surface area contributed by atoms with E-state index in [-0.39, 0.29) is 24.0 Å². The fourth-order valence-corrected chi connectivity index (χ4v) is 2.85. The van der Waals surface area contributed by atoms with E-state index < -0.39 is 0 Å². The standard InChI is InChI=1S/C19H26N6.HI/c1-15-5-7-17(8-6-15)23-19(20)22-14-16-4-3-9-21-18(16)25-12-10-24(2)11-13-25;/h3-9H,10-14H2,1-2H3,(H3,20,22,23);1H. The number of hydrogen-bond donors (Lipinski definition) is 2. The Morgan fingerprint density at radius 3 is 2.54 bits per heavy atom. The molecule has 1 aliphatic heterocycles. The van der Waals surface area contributed by atoms with Crippen molar-refractivity contribution in [2.24, 2.45) is 10.7 Å². The Labute approximate surface area is 172 Å². The summed E-state index contributed by atoms with van der Waals surface area (Å²) < 4.78 is 0. The second-order valence-corrected chi connectivity index (χ2v) is 6.47. The Hall–Kier alpha value is -1.87. The van der Waals surface area contributed by atoms with Crippen LogP contribution in [-0.4, -0.2) is 49.1 Å². The highest BCUT2D eigenvalue weighted by Crippen LogP contribution is 2.19. The number of aryl methyl sites for hydroxylation is 1. The number of anilines is 2. The molecule has 1 saturated heterocycles. The molecule has 6 nitrogen and oxygen atoms in total. The van der Waals surface area contributed by atoms with Crippen molar-refractivity contribution in [1.82, 2.24) is 9.88 Å². The quantitative estimate of drug-likeness (QED) is 0.412. The lowest BCUT2D eigenvalue weighted by Crippen LogP contribution is -2.45. The van der Waals surface area contributed by atoms with Crippen molar-refractivity contribution in [1.29, 1.82) is 0 Å². The van der Waals surface area contributed by atoms with Crippen molar-refractivity contribution >= 4 is 41.4 Å². The van der Waals surface area contributed by atoms with Gasteiger partial charge in [-0.05, 0) is 32.2 Å². The number of pyridine rings is 1. The van der Waals surface area contributed by atoms with Crippen molar-refractivity contribution in [3.05, 3.63) is 53.7 Å². The first-order valence-corrected chi connectivity index (χ1v) is 8.63. The molecule has 3 rings (SSSR count). The fraction of sp³-hybridized carbons (Fsp3) is 0.368. The normalized spacial score (nSPS) is 15.5. The van der Waals surface area contributed by atoms with Crippen molar-refractivity contribution in [2.45, 2.75) is 13.5 Å². The minimum Gasteiger partial charge on any atom is -0.370 e. The predicted molar refractivity (Wildman–Crippen MR) is 119 cm³/mol. The van der Waals surface area contributed by atoms with Gasteiger partial charge >= 0.3 is 0 Å². The summed E-state index contributed by atoms with van der Waals surface area (Å²) in [5, 5.41) is 3.13. The summed E-state index contributed by atoms with van der Waals surface area (Å²) in [6, 6.07) is 12.1. The number of halogens is 1. The predicted octanol–water partition coefficient (Wildman–Crippen LogP) is 2.69. The van der Waals surface area contributed by atoms with Crippen LogP contribution >= 0.6 is 24.0 Å². The second-order valence-electron chi connectivity index (χ2n) is 6.47. The van der Waals surface area contributed by atoms with Crippen LogP contribution in [0.5, 0.6) is 0 Å². The van der Waals surface area contributed by atoms with Gasteiger partial charge in [0.2, 0.25) is 0 Å². The second kappa shape index (κ2) is 9.72. The van der Waals surface area contributed by atoms with E-state index in [4.69, 9.17) is 5.73 Å². The number of guanidine groups is 1. The van der Waals surface area contributed by atoms with E-state index in [0.29, 0.717) is 12.5 Å². The van der Waals surface area contributed by atoms with E-state index in [1.54, 1.807) is 0 Å². The molecule has 0 amide bonds. The summed E-state index contributed by atoms with van der Waals surface area (Å²) in [5.74, 6) is 1.43. The average molecular weight is 466 g/mol. The van der Waals surface area contributed by atoms with Crippen molar-refractivity contribution in [3.63, 3.8) is 0 Å². The summed E-state index contributed by atoms with van der Waals surface area (Å²) in [5.41, 5.74) is 9.29. The van der Waals surface area contributed by atoms with Gasteiger partial charge in [-0.15, -0.1) is 24.0 Å². The van der Waals surface area contributed by atoms with Crippen molar-refractivity contribution in [3.8, 4) is 0 Å². The SMILES string of the molecule is Cc1ccc(NC(N)=NCc2cccnc2N2CCN(C)CC2)cc1.I. The number of likely N-dealkylation sites (N-methyl/N-ethyl adjacent to an activating group) is 1. The molecule has 2 heterocycles. The first kappa shape index (κ1) is 20.4. The number of nitrogens with zero attached hydrogens (tertiary/aromatic N) is 4. The topological polar surface area (TPSA) is 69.8 Å². The van der Waals surface area contributed by atoms with E-state index in [1.165, 1.54) is 5.56 Å². The zero-order valence-electron chi connectivity index (χ0n) is 15.4. The monoisotopic (exact) mass is 466 g/mol. The van der Waals surface area contributed by atoms with Gasteiger partial charge in [-0.25, -0.2) is 9.98 Å². The Kier molecular flexibility index (Phi) is 7.65. The van der Waals surface area contributed by atoms with Crippen LogP contribution < -0.4 is 16.0 Å². The zero-order valence-corrected chi connectivity index (χ0v) is 17.7. The molecule has 3 N–H and O–H groups in total. The summed E-state index contributed by atoms with van der Waals surface area (Å²) in [6.45, 7) is 6.65. The minimum absolute atomic E-state index is 0. The Morgan fingerprint density at radius 1 is 1.15 bits per heavy atom. The summed E-state index contributed by atoms with van der Waals surface area (Å²) >= 11 is 0. The van der Waals surface area contributed by atoms with Crippen LogP contribution in [-0.2, 0) is 6.54 Å². The van der Waals surface area contributed by atoms with Crippen molar-refractivity contribution < 1.29 is 0 Å². The third kappa shape index (κ3) is 5.57. The summed E-state index contributed by atoms with van der Waals surface area (Å²) in [4.78, 5) is 13.7. The van der Waals surface area contributed by atoms with Gasteiger partial charge in [-0.3, -0.25) is 0 Å². The maximum absolute atomic E-state index is 6.04. The van der Waals surface area contributed by atoms with Crippen LogP contribution in [0.4, 0.5) is 11.5 Å². The first-order valence-electron chi connectivity index (χ1n) is 8.63. The van der Waals surface area contributed by atoms with Crippen molar-refractivity contribution in [2.75, 3.05) is 43.4 Å². The molecule has 1 aromatic carbocycles. The number of aliphatic imine (C=N–C) groups is 1. The van der Waals surface area contributed by atoms with Gasteiger partial charge in [0.1, 0.15) is 5.82 Å². The van der Waals surface area contributed by atoms with Gasteiger partial charge in [0, 0.05) is 43.6 Å². The lowest BCUT2D eigenvalue weighted by molar-refractivity contribution is 0.312. The van der Waals surface area contributed by atoms with Gasteiger partial charge < -0.3 is 20.9 Å². The lowest BCUT2D eigenvalue weighted by atomic mass is 10.2. The van der Waals surface area contributed by atoms with Crippen LogP contribution in [0, 0.1) is 6.92 Å². The fourth-order valence-electron chi connectivity index (χ4n) is 2.85. The molecule has 1 aliphatic rings. The van der Waals surface area contributed by atoms with E-state index in [0.717, 1.165) is 43.2 Å². The highest BCUT2D eigenvalue weighted by Gasteiger charge is 2.17. The van der Waals surface area contributed by atoms with Gasteiger partial charge in [0.25, 0.3) is 0 Å². The van der Waals surface area contributed by atoms with Gasteiger partial charge in [-0.1, -0.05) is 23.8 Å². The number of piperazine rings is 1. The van der Waals surface area contributed by atoms with E-state index >= 15 is 0 Å². The van der Waals surface area contributed by atoms with Crippen LogP contribution in [0.15, 0.2) is 47.6 Å². The number of nitrogens with one attached hydrogen (secondary N) is 1. The van der Waals surface area contributed by atoms with E-state index in [1.807, 2.05) is 36.5 Å². The van der Waals surface area contributed by atoms with E-state index in [2.05, 4.69) is 45.1 Å². The maximum atomic E-state index is 6.04. The van der Waals surface area contributed by atoms with Crippen LogP contribution in [0.1, 0.15) is 11.1 Å². The van der Waals surface area contributed by atoms with Crippen LogP contribution in [0.2, 0.25) is 0 Å². The molecule has 1 aromatic heterocycles. The highest BCUT2D eigenvalue weighted by atomic mass is 127. The Balaban J connectivity index is 0.00000243. The maximum Gasteiger partial charge on any atom is 0.193 e. The largest absolute Gasteiger partial charge is 0.370 e. The number of benzene rings is 1. The highest BCUT2D eigenvalue weighted by molar-refractivity contribution is 14.0. The summed E-state index contributed by atoms with van der Waals surface area (Å²) in [7, 11) is 2.15. The zero-order chi connectivity index (χ0) is 17.6. The molecule has 0 atom stereocenters. The molecule has 0 spiro atoms. The molecule has 2 aromatic rings. The van der Waals surface area contributed by atoms with Crippen LogP contribution in [0.25, 0.3) is 0 Å². The van der Waals surface area contributed by atoms with Gasteiger partial charge in [0.15, 0.2) is 5.96 Å². The Bertz CT molecular complexity index is 723. The van der Waals surface area contributed by atoms with Gasteiger partial charge in [0.05, 0.1) is 6.54 Å². The molecule has 0 unspecified atom stereocenters. The molecule has 0 bridgehead atoms. The molecular formula is C19H27IN6. The molecule has 1 fully saturated rings. The molecule has 0 radical (unpaired) electrons. The third-order valence-electron chi connectivity index (χ3n) is 4.41. The molecular weight excluding hydrogens is 439 g/mol. The molecule has 7 heteroatoms. The minimum atomic E-state index is 0. The third-order valence-corrected chi connectivity index (χ3v) is 4.41. The van der Waals surface area contributed by atoms with Crippen LogP contribution in [0.3, 0.4) is 0 Å². The smallest absolute Gasteiger partial charge is 0.193 e. The number of aromatic nitrogens is 1. The Morgan fingerprint density at radius 2 is 1.85 bits per heavy atom. The number of hydrogen-bond acceptors (Lipinski definition) is 4. The van der Waals surface area contributed by atoms with Gasteiger partial charge in [-0.2, -0.15) is 0 Å². The lowest BCUT2D eigenvalue weighted by Gasteiger charge is -2.34. The molecule has 0 saturated carbocycles. The summed E-state index contributed by atoms with van der Waals surface area (Å²) in [6.07, 6.45) is 1.84. The first-order chi connectivity index (χ1) is 12.1. The average Bonchev–Trinajstić information content (AvgIpc) is 2.63. The number of nitrogens with two attached hydrogens (primary N) is 1. The number of rotatable bonds is 4. The van der Waals surface area contributed by atoms with E-state index in [9.17, 15) is 0 Å².